The number of hydrogen-bond acceptors (Lipinski definition) is 3. The van der Waals surface area contributed by atoms with Crippen LogP contribution in [0.2, 0.25) is 0 Å². The maximum Gasteiger partial charge on any atom is 0.338 e. The largest absolute Gasteiger partial charge is 0.462 e. The van der Waals surface area contributed by atoms with Crippen LogP contribution in [0.15, 0.2) is 35.2 Å². The first-order valence-electron chi connectivity index (χ1n) is 6.59. The molecule has 2 aliphatic rings. The summed E-state index contributed by atoms with van der Waals surface area (Å²) in [5.41, 5.74) is 3.89. The second-order valence-electron chi connectivity index (χ2n) is 4.48. The molecule has 0 amide bonds. The summed E-state index contributed by atoms with van der Waals surface area (Å²) in [6, 6.07) is 9.78. The summed E-state index contributed by atoms with van der Waals surface area (Å²) in [6.07, 6.45) is 2.00. The van der Waals surface area contributed by atoms with E-state index in [9.17, 15) is 4.79 Å². The van der Waals surface area contributed by atoms with Crippen LogP contribution >= 0.6 is 12.6 Å². The van der Waals surface area contributed by atoms with Gasteiger partial charge in [-0.1, -0.05) is 25.5 Å². The van der Waals surface area contributed by atoms with E-state index in [1.807, 2.05) is 37.3 Å². The standard InChI is InChI=1S/C16H18O2S/c1-3-6-11-9-15(16(17)18-4-2)13-8-5-7-12(19)10-14(11)13/h5,7-10,19H,3-4,6H2,1-2H3. The van der Waals surface area contributed by atoms with E-state index in [0.29, 0.717) is 12.2 Å². The molecule has 2 nitrogen and oxygen atoms in total. The van der Waals surface area contributed by atoms with Crippen molar-refractivity contribution in [2.75, 3.05) is 6.61 Å². The van der Waals surface area contributed by atoms with Gasteiger partial charge in [0.15, 0.2) is 0 Å². The molecule has 0 aromatic heterocycles. The Hall–Kier alpha value is -1.48. The number of hydrogen-bond donors (Lipinski definition) is 1. The number of esters is 1. The fourth-order valence-corrected chi connectivity index (χ4v) is 2.51. The normalized spacial score (nSPS) is 10.7. The van der Waals surface area contributed by atoms with Crippen molar-refractivity contribution < 1.29 is 9.53 Å². The van der Waals surface area contributed by atoms with Crippen molar-refractivity contribution in [2.45, 2.75) is 31.6 Å². The molecule has 0 aromatic rings. The minimum Gasteiger partial charge on any atom is -0.462 e. The number of carbonyl (C=O) groups is 1. The van der Waals surface area contributed by atoms with Gasteiger partial charge in [-0.15, -0.1) is 12.6 Å². The van der Waals surface area contributed by atoms with E-state index >= 15 is 0 Å². The Morgan fingerprint density at radius 3 is 2.68 bits per heavy atom. The Balaban J connectivity index is 2.57. The van der Waals surface area contributed by atoms with Crippen LogP contribution in [0.1, 0.15) is 36.2 Å². The molecule has 0 saturated heterocycles. The zero-order chi connectivity index (χ0) is 13.8. The Labute approximate surface area is 119 Å². The number of aryl methyl sites for hydroxylation is 1. The smallest absolute Gasteiger partial charge is 0.338 e. The van der Waals surface area contributed by atoms with E-state index in [-0.39, 0.29) is 5.97 Å². The highest BCUT2D eigenvalue weighted by atomic mass is 32.1. The average Bonchev–Trinajstić information content (AvgIpc) is 2.58. The predicted molar refractivity (Wildman–Crippen MR) is 80.3 cm³/mol. The van der Waals surface area contributed by atoms with Gasteiger partial charge in [-0.3, -0.25) is 0 Å². The van der Waals surface area contributed by atoms with Crippen molar-refractivity contribution in [2.24, 2.45) is 0 Å². The zero-order valence-electron chi connectivity index (χ0n) is 11.3. The Bertz CT molecular complexity index is 563. The lowest BCUT2D eigenvalue weighted by atomic mass is 10.1. The molecule has 0 N–H and O–H groups in total. The fourth-order valence-electron chi connectivity index (χ4n) is 2.29. The molecule has 0 fully saturated rings. The van der Waals surface area contributed by atoms with Gasteiger partial charge < -0.3 is 4.74 Å². The van der Waals surface area contributed by atoms with Gasteiger partial charge >= 0.3 is 5.97 Å². The Morgan fingerprint density at radius 1 is 1.21 bits per heavy atom. The van der Waals surface area contributed by atoms with Crippen molar-refractivity contribution in [3.8, 4) is 11.1 Å². The van der Waals surface area contributed by atoms with Gasteiger partial charge in [0.05, 0.1) is 12.2 Å². The third kappa shape index (κ3) is 2.92. The van der Waals surface area contributed by atoms with Crippen molar-refractivity contribution in [3.63, 3.8) is 0 Å². The van der Waals surface area contributed by atoms with Crippen LogP contribution < -0.4 is 0 Å². The predicted octanol–water partition coefficient (Wildman–Crippen LogP) is 4.21. The van der Waals surface area contributed by atoms with E-state index in [0.717, 1.165) is 28.9 Å². The van der Waals surface area contributed by atoms with E-state index in [4.69, 9.17) is 4.74 Å². The Kier molecular flexibility index (Phi) is 4.48. The highest BCUT2D eigenvalue weighted by molar-refractivity contribution is 7.80. The van der Waals surface area contributed by atoms with Crippen molar-refractivity contribution >= 4 is 18.6 Å². The van der Waals surface area contributed by atoms with Crippen LogP contribution in [0, 0.1) is 0 Å². The van der Waals surface area contributed by atoms with Crippen molar-refractivity contribution in [3.05, 3.63) is 41.5 Å². The molecule has 0 saturated carbocycles. The monoisotopic (exact) mass is 274 g/mol. The van der Waals surface area contributed by atoms with Crippen LogP contribution in [0.3, 0.4) is 0 Å². The molecular formula is C16H18O2S. The first-order valence-corrected chi connectivity index (χ1v) is 7.03. The van der Waals surface area contributed by atoms with E-state index in [2.05, 4.69) is 19.6 Å². The van der Waals surface area contributed by atoms with Gasteiger partial charge in [-0.25, -0.2) is 4.79 Å². The van der Waals surface area contributed by atoms with Crippen LogP contribution in [0.25, 0.3) is 11.1 Å². The van der Waals surface area contributed by atoms with Gasteiger partial charge in [0, 0.05) is 4.90 Å². The molecule has 0 heterocycles. The fraction of sp³-hybridized carbons (Fsp3) is 0.312. The first kappa shape index (κ1) is 13.9. The molecule has 0 aromatic carbocycles. The maximum absolute atomic E-state index is 12.0. The molecular weight excluding hydrogens is 256 g/mol. The van der Waals surface area contributed by atoms with Gasteiger partial charge in [-0.2, -0.15) is 0 Å². The van der Waals surface area contributed by atoms with Gasteiger partial charge in [-0.05, 0) is 48.2 Å². The summed E-state index contributed by atoms with van der Waals surface area (Å²) < 4.78 is 5.13. The molecule has 0 aliphatic heterocycles. The van der Waals surface area contributed by atoms with Crippen molar-refractivity contribution in [1.82, 2.24) is 0 Å². The van der Waals surface area contributed by atoms with E-state index in [1.165, 1.54) is 5.56 Å². The molecule has 100 valence electrons. The third-order valence-electron chi connectivity index (χ3n) is 3.08. The summed E-state index contributed by atoms with van der Waals surface area (Å²) in [4.78, 5) is 12.9. The van der Waals surface area contributed by atoms with Crippen LogP contribution in [0.4, 0.5) is 0 Å². The number of fused-ring (bicyclic) bond motifs is 1. The number of ether oxygens (including phenoxy) is 1. The highest BCUT2D eigenvalue weighted by Gasteiger charge is 2.20. The Morgan fingerprint density at radius 2 is 2.00 bits per heavy atom. The lowest BCUT2D eigenvalue weighted by Gasteiger charge is -2.02. The SMILES string of the molecule is CCCc1cc(C(=O)OCC)c2cccc(S)cc1-2. The highest BCUT2D eigenvalue weighted by Crippen LogP contribution is 2.34. The van der Waals surface area contributed by atoms with E-state index < -0.39 is 0 Å². The van der Waals surface area contributed by atoms with Crippen LogP contribution in [-0.2, 0) is 11.2 Å². The second kappa shape index (κ2) is 6.11. The summed E-state index contributed by atoms with van der Waals surface area (Å²) in [5, 5.41) is 0. The first-order chi connectivity index (χ1) is 9.17. The molecule has 0 atom stereocenters. The molecule has 0 spiro atoms. The molecule has 2 rings (SSSR count). The van der Waals surface area contributed by atoms with Crippen molar-refractivity contribution in [1.29, 1.82) is 0 Å². The molecule has 0 bridgehead atoms. The maximum atomic E-state index is 12.0. The number of rotatable bonds is 4. The summed E-state index contributed by atoms with van der Waals surface area (Å²) in [7, 11) is 0. The molecule has 0 unspecified atom stereocenters. The molecule has 19 heavy (non-hydrogen) atoms. The van der Waals surface area contributed by atoms with Crippen LogP contribution in [-0.4, -0.2) is 12.6 Å². The van der Waals surface area contributed by atoms with E-state index in [1.54, 1.807) is 0 Å². The zero-order valence-corrected chi connectivity index (χ0v) is 12.2. The average molecular weight is 274 g/mol. The number of thiol groups is 1. The lowest BCUT2D eigenvalue weighted by molar-refractivity contribution is 0.0527. The topological polar surface area (TPSA) is 26.3 Å². The molecule has 3 heteroatoms. The minimum absolute atomic E-state index is 0.248. The molecule has 2 aliphatic carbocycles. The second-order valence-corrected chi connectivity index (χ2v) is 4.99. The summed E-state index contributed by atoms with van der Waals surface area (Å²) in [6.45, 7) is 4.35. The van der Waals surface area contributed by atoms with Gasteiger partial charge in [0.25, 0.3) is 0 Å². The quantitative estimate of drug-likeness (QED) is 0.667. The summed E-state index contributed by atoms with van der Waals surface area (Å²) in [5.74, 6) is -0.248. The van der Waals surface area contributed by atoms with Gasteiger partial charge in [0.1, 0.15) is 0 Å². The minimum atomic E-state index is -0.248. The van der Waals surface area contributed by atoms with Crippen LogP contribution in [0.5, 0.6) is 0 Å². The third-order valence-corrected chi connectivity index (χ3v) is 3.36. The lowest BCUT2D eigenvalue weighted by Crippen LogP contribution is -2.03. The number of carbonyl (C=O) groups excluding carboxylic acids is 1. The molecule has 0 radical (unpaired) electrons. The summed E-state index contributed by atoms with van der Waals surface area (Å²) >= 11 is 4.41. The van der Waals surface area contributed by atoms with Gasteiger partial charge in [0.2, 0.25) is 0 Å².